The van der Waals surface area contributed by atoms with E-state index < -0.39 is 0 Å². The second kappa shape index (κ2) is 9.51. The van der Waals surface area contributed by atoms with Gasteiger partial charge >= 0.3 is 6.03 Å². The Morgan fingerprint density at radius 2 is 2.03 bits per heavy atom. The lowest BCUT2D eigenvalue weighted by Gasteiger charge is -2.39. The highest BCUT2D eigenvalue weighted by Gasteiger charge is 2.34. The van der Waals surface area contributed by atoms with Crippen molar-refractivity contribution in [3.8, 4) is 11.5 Å². The molecule has 0 aromatic heterocycles. The number of benzene rings is 2. The van der Waals surface area contributed by atoms with Crippen LogP contribution in [0.4, 0.5) is 10.5 Å². The summed E-state index contributed by atoms with van der Waals surface area (Å²) >= 11 is 0. The molecule has 2 heterocycles. The minimum absolute atomic E-state index is 0.0167. The standard InChI is InChI=1S/C25H31N3O4/c1-17-9-10-23-22(12-17)28(15-18(2)32-23)25(30)27-11-5-7-20(16-27)24(29)26-14-19-6-4-8-21(13-19)31-3/h4,6,8-10,12-13,18,20H,5,7,11,14-16H2,1-3H3,(H,26,29). The number of rotatable bonds is 4. The number of carbonyl (C=O) groups is 2. The van der Waals surface area contributed by atoms with Gasteiger partial charge in [-0.2, -0.15) is 0 Å². The van der Waals surface area contributed by atoms with Crippen molar-refractivity contribution in [1.82, 2.24) is 10.2 Å². The van der Waals surface area contributed by atoms with Crippen LogP contribution in [0, 0.1) is 12.8 Å². The van der Waals surface area contributed by atoms with Crippen LogP contribution in [0.1, 0.15) is 30.9 Å². The fourth-order valence-electron chi connectivity index (χ4n) is 4.38. The molecule has 32 heavy (non-hydrogen) atoms. The quantitative estimate of drug-likeness (QED) is 0.791. The van der Waals surface area contributed by atoms with Gasteiger partial charge in [0.05, 0.1) is 25.3 Å². The number of ether oxygens (including phenoxy) is 2. The van der Waals surface area contributed by atoms with Crippen LogP contribution in [-0.4, -0.2) is 49.7 Å². The number of carbonyl (C=O) groups excluding carboxylic acids is 2. The maximum Gasteiger partial charge on any atom is 0.324 e. The number of piperidine rings is 1. The Morgan fingerprint density at radius 1 is 1.19 bits per heavy atom. The molecule has 0 saturated carbocycles. The summed E-state index contributed by atoms with van der Waals surface area (Å²) in [6.45, 7) is 5.99. The molecule has 1 N–H and O–H groups in total. The zero-order chi connectivity index (χ0) is 22.7. The van der Waals surface area contributed by atoms with Crippen LogP contribution in [0.5, 0.6) is 11.5 Å². The number of likely N-dealkylation sites (tertiary alicyclic amines) is 1. The SMILES string of the molecule is COc1cccc(CNC(=O)C2CCCN(C(=O)N3CC(C)Oc4ccc(C)cc43)C2)c1. The zero-order valence-corrected chi connectivity index (χ0v) is 19.0. The number of amides is 3. The van der Waals surface area contributed by atoms with Crippen molar-refractivity contribution in [3.05, 3.63) is 53.6 Å². The molecule has 2 unspecified atom stereocenters. The number of urea groups is 1. The van der Waals surface area contributed by atoms with Gasteiger partial charge in [-0.15, -0.1) is 0 Å². The Bertz CT molecular complexity index is 993. The minimum atomic E-state index is -0.214. The first-order valence-corrected chi connectivity index (χ1v) is 11.2. The highest BCUT2D eigenvalue weighted by atomic mass is 16.5. The third-order valence-corrected chi connectivity index (χ3v) is 6.07. The van der Waals surface area contributed by atoms with E-state index in [2.05, 4.69) is 5.32 Å². The van der Waals surface area contributed by atoms with E-state index >= 15 is 0 Å². The first-order chi connectivity index (χ1) is 15.4. The van der Waals surface area contributed by atoms with E-state index in [1.54, 1.807) is 12.0 Å². The summed E-state index contributed by atoms with van der Waals surface area (Å²) in [5.41, 5.74) is 2.86. The molecule has 0 aliphatic carbocycles. The van der Waals surface area contributed by atoms with Crippen molar-refractivity contribution in [2.45, 2.75) is 39.3 Å². The van der Waals surface area contributed by atoms with Crippen molar-refractivity contribution < 1.29 is 19.1 Å². The van der Waals surface area contributed by atoms with Crippen molar-refractivity contribution in [2.75, 3.05) is 31.6 Å². The molecule has 2 aromatic carbocycles. The van der Waals surface area contributed by atoms with Crippen LogP contribution in [0.2, 0.25) is 0 Å². The second-order valence-electron chi connectivity index (χ2n) is 8.65. The Kier molecular flexibility index (Phi) is 6.53. The first kappa shape index (κ1) is 22.0. The molecule has 3 amide bonds. The molecule has 170 valence electrons. The average molecular weight is 438 g/mol. The van der Waals surface area contributed by atoms with E-state index in [1.807, 2.05) is 61.2 Å². The maximum absolute atomic E-state index is 13.4. The van der Waals surface area contributed by atoms with E-state index in [1.165, 1.54) is 0 Å². The molecule has 2 aromatic rings. The number of fused-ring (bicyclic) bond motifs is 1. The van der Waals surface area contributed by atoms with Gasteiger partial charge in [0.2, 0.25) is 5.91 Å². The topological polar surface area (TPSA) is 71.1 Å². The van der Waals surface area contributed by atoms with Gasteiger partial charge in [-0.25, -0.2) is 4.79 Å². The van der Waals surface area contributed by atoms with Gasteiger partial charge < -0.3 is 19.7 Å². The molecule has 0 radical (unpaired) electrons. The number of hydrogen-bond acceptors (Lipinski definition) is 4. The van der Waals surface area contributed by atoms with Crippen molar-refractivity contribution in [2.24, 2.45) is 5.92 Å². The van der Waals surface area contributed by atoms with Crippen LogP contribution >= 0.6 is 0 Å². The molecule has 2 atom stereocenters. The van der Waals surface area contributed by atoms with Crippen LogP contribution < -0.4 is 19.7 Å². The second-order valence-corrected chi connectivity index (χ2v) is 8.65. The highest BCUT2D eigenvalue weighted by molar-refractivity contribution is 5.95. The van der Waals surface area contributed by atoms with Gasteiger partial charge in [0, 0.05) is 19.6 Å². The lowest BCUT2D eigenvalue weighted by Crippen LogP contribution is -2.53. The summed E-state index contributed by atoms with van der Waals surface area (Å²) < 4.78 is 11.2. The molecule has 7 nitrogen and oxygen atoms in total. The fraction of sp³-hybridized carbons (Fsp3) is 0.440. The van der Waals surface area contributed by atoms with E-state index in [4.69, 9.17) is 9.47 Å². The molecule has 2 aliphatic heterocycles. The third kappa shape index (κ3) is 4.82. The van der Waals surface area contributed by atoms with Crippen molar-refractivity contribution >= 4 is 17.6 Å². The molecule has 2 aliphatic rings. The predicted molar refractivity (Wildman–Crippen MR) is 123 cm³/mol. The number of methoxy groups -OCH3 is 1. The normalized spacial score (nSPS) is 20.2. The Hall–Kier alpha value is -3.22. The number of hydrogen-bond donors (Lipinski definition) is 1. The van der Waals surface area contributed by atoms with E-state index in [-0.39, 0.29) is 24.0 Å². The molecule has 4 rings (SSSR count). The maximum atomic E-state index is 13.4. The van der Waals surface area contributed by atoms with Crippen LogP contribution in [0.15, 0.2) is 42.5 Å². The molecule has 1 fully saturated rings. The molecule has 7 heteroatoms. The Morgan fingerprint density at radius 3 is 2.84 bits per heavy atom. The van der Waals surface area contributed by atoms with Gasteiger partial charge in [-0.3, -0.25) is 9.69 Å². The number of nitrogens with zero attached hydrogens (tertiary/aromatic N) is 2. The molecule has 1 saturated heterocycles. The van der Waals surface area contributed by atoms with Crippen LogP contribution in [-0.2, 0) is 11.3 Å². The van der Waals surface area contributed by atoms with Gasteiger partial charge in [-0.1, -0.05) is 18.2 Å². The van der Waals surface area contributed by atoms with E-state index in [0.717, 1.165) is 41.2 Å². The number of aryl methyl sites for hydroxylation is 1. The number of anilines is 1. The Labute approximate surface area is 189 Å². The molecular formula is C25H31N3O4. The predicted octanol–water partition coefficient (Wildman–Crippen LogP) is 3.74. The van der Waals surface area contributed by atoms with E-state index in [0.29, 0.717) is 26.2 Å². The smallest absolute Gasteiger partial charge is 0.324 e. The summed E-state index contributed by atoms with van der Waals surface area (Å²) in [6.07, 6.45) is 1.51. The summed E-state index contributed by atoms with van der Waals surface area (Å²) in [4.78, 5) is 29.9. The average Bonchev–Trinajstić information content (AvgIpc) is 2.82. The summed E-state index contributed by atoms with van der Waals surface area (Å²) in [7, 11) is 1.63. The number of nitrogens with one attached hydrogen (secondary N) is 1. The molecular weight excluding hydrogens is 406 g/mol. The molecule has 0 spiro atoms. The largest absolute Gasteiger partial charge is 0.497 e. The lowest BCUT2D eigenvalue weighted by molar-refractivity contribution is -0.126. The Balaban J connectivity index is 1.41. The zero-order valence-electron chi connectivity index (χ0n) is 19.0. The van der Waals surface area contributed by atoms with Crippen LogP contribution in [0.25, 0.3) is 0 Å². The minimum Gasteiger partial charge on any atom is -0.497 e. The van der Waals surface area contributed by atoms with Crippen molar-refractivity contribution in [3.63, 3.8) is 0 Å². The van der Waals surface area contributed by atoms with Gasteiger partial charge in [0.15, 0.2) is 0 Å². The third-order valence-electron chi connectivity index (χ3n) is 6.07. The monoisotopic (exact) mass is 437 g/mol. The summed E-state index contributed by atoms with van der Waals surface area (Å²) in [6, 6.07) is 13.5. The van der Waals surface area contributed by atoms with Crippen molar-refractivity contribution in [1.29, 1.82) is 0 Å². The van der Waals surface area contributed by atoms with E-state index in [9.17, 15) is 9.59 Å². The van der Waals surface area contributed by atoms with Gasteiger partial charge in [0.25, 0.3) is 0 Å². The first-order valence-electron chi connectivity index (χ1n) is 11.2. The molecule has 0 bridgehead atoms. The highest BCUT2D eigenvalue weighted by Crippen LogP contribution is 2.35. The summed E-state index contributed by atoms with van der Waals surface area (Å²) in [5.74, 6) is 1.26. The lowest BCUT2D eigenvalue weighted by atomic mass is 9.97. The van der Waals surface area contributed by atoms with Crippen LogP contribution in [0.3, 0.4) is 0 Å². The fourth-order valence-corrected chi connectivity index (χ4v) is 4.38. The van der Waals surface area contributed by atoms with Gasteiger partial charge in [-0.05, 0) is 62.1 Å². The summed E-state index contributed by atoms with van der Waals surface area (Å²) in [5, 5.41) is 3.02. The van der Waals surface area contributed by atoms with Gasteiger partial charge in [0.1, 0.15) is 17.6 Å².